The number of ether oxygens (including phenoxy) is 1. The number of anilines is 1. The number of halogens is 1. The third-order valence-electron chi connectivity index (χ3n) is 4.17. The molecule has 0 aliphatic heterocycles. The average Bonchev–Trinajstić information content (AvgIpc) is 3.12. The first-order valence-electron chi connectivity index (χ1n) is 8.84. The van der Waals surface area contributed by atoms with Crippen LogP contribution < -0.4 is 14.8 Å². The molecular weight excluding hydrogens is 466 g/mol. The van der Waals surface area contributed by atoms with Crippen molar-refractivity contribution in [2.45, 2.75) is 17.4 Å². The summed E-state index contributed by atoms with van der Waals surface area (Å²) in [5.41, 5.74) is 0.721. The molecule has 1 aromatic heterocycles. The van der Waals surface area contributed by atoms with E-state index in [1.807, 2.05) is 12.3 Å². The summed E-state index contributed by atoms with van der Waals surface area (Å²) in [6.45, 7) is 0. The molecule has 2 N–H and O–H groups in total. The van der Waals surface area contributed by atoms with Crippen molar-refractivity contribution in [2.75, 3.05) is 24.4 Å². The number of hydrogen-bond acceptors (Lipinski definition) is 7. The number of carbonyl (C=O) groups excluding carboxylic acids is 1. The molecule has 0 radical (unpaired) electrons. The van der Waals surface area contributed by atoms with Gasteiger partial charge in [0.1, 0.15) is 11.8 Å². The molecule has 3 rings (SSSR count). The molecule has 7 nitrogen and oxygen atoms in total. The van der Waals surface area contributed by atoms with E-state index >= 15 is 0 Å². The second kappa shape index (κ2) is 9.97. The smallest absolute Gasteiger partial charge is 0.244 e. The molecule has 1 amide bonds. The fourth-order valence-corrected chi connectivity index (χ4v) is 5.35. The molecule has 30 heavy (non-hydrogen) atoms. The van der Waals surface area contributed by atoms with Gasteiger partial charge < -0.3 is 10.1 Å². The van der Waals surface area contributed by atoms with Gasteiger partial charge in [0.2, 0.25) is 15.9 Å². The van der Waals surface area contributed by atoms with Crippen molar-refractivity contribution in [3.8, 4) is 5.75 Å². The molecule has 0 fully saturated rings. The van der Waals surface area contributed by atoms with Crippen molar-refractivity contribution in [3.05, 3.63) is 47.5 Å². The van der Waals surface area contributed by atoms with Gasteiger partial charge >= 0.3 is 0 Å². The molecule has 0 spiro atoms. The largest absolute Gasteiger partial charge is 0.497 e. The van der Waals surface area contributed by atoms with Crippen LogP contribution in [-0.2, 0) is 14.8 Å². The molecule has 1 heterocycles. The molecule has 0 aliphatic carbocycles. The lowest BCUT2D eigenvalue weighted by Crippen LogP contribution is -2.44. The van der Waals surface area contributed by atoms with Gasteiger partial charge in [-0.15, -0.1) is 0 Å². The number of carbonyl (C=O) groups is 1. The molecule has 3 aromatic rings. The summed E-state index contributed by atoms with van der Waals surface area (Å²) in [7, 11) is -2.31. The van der Waals surface area contributed by atoms with Crippen molar-refractivity contribution in [2.24, 2.45) is 0 Å². The van der Waals surface area contributed by atoms with Gasteiger partial charge in [0, 0.05) is 5.02 Å². The number of rotatable bonds is 9. The van der Waals surface area contributed by atoms with E-state index in [2.05, 4.69) is 15.0 Å². The zero-order chi connectivity index (χ0) is 21.7. The van der Waals surface area contributed by atoms with Gasteiger partial charge in [-0.25, -0.2) is 13.4 Å². The van der Waals surface area contributed by atoms with E-state index in [4.69, 9.17) is 16.3 Å². The van der Waals surface area contributed by atoms with Crippen molar-refractivity contribution in [1.29, 1.82) is 0 Å². The molecule has 1 atom stereocenters. The van der Waals surface area contributed by atoms with Crippen molar-refractivity contribution >= 4 is 66.0 Å². The van der Waals surface area contributed by atoms with Crippen LogP contribution in [0, 0.1) is 0 Å². The molecule has 11 heteroatoms. The number of aromatic nitrogens is 1. The average molecular weight is 486 g/mol. The van der Waals surface area contributed by atoms with E-state index in [1.165, 1.54) is 47.4 Å². The van der Waals surface area contributed by atoms with Crippen molar-refractivity contribution in [3.63, 3.8) is 0 Å². The monoisotopic (exact) mass is 485 g/mol. The molecule has 0 aliphatic rings. The van der Waals surface area contributed by atoms with Gasteiger partial charge in [0.15, 0.2) is 5.13 Å². The zero-order valence-corrected chi connectivity index (χ0v) is 19.4. The third kappa shape index (κ3) is 5.64. The Morgan fingerprint density at radius 1 is 1.27 bits per heavy atom. The van der Waals surface area contributed by atoms with Crippen LogP contribution in [0.4, 0.5) is 5.13 Å². The van der Waals surface area contributed by atoms with Gasteiger partial charge in [-0.1, -0.05) is 22.9 Å². The minimum atomic E-state index is -3.89. The van der Waals surface area contributed by atoms with Gasteiger partial charge in [0.25, 0.3) is 0 Å². The van der Waals surface area contributed by atoms with Gasteiger partial charge in [0.05, 0.1) is 22.2 Å². The van der Waals surface area contributed by atoms with Crippen LogP contribution in [0.1, 0.15) is 6.42 Å². The van der Waals surface area contributed by atoms with Crippen LogP contribution >= 0.6 is 34.7 Å². The number of thioether (sulfide) groups is 1. The minimum Gasteiger partial charge on any atom is -0.497 e. The van der Waals surface area contributed by atoms with Crippen LogP contribution in [0.3, 0.4) is 0 Å². The maximum atomic E-state index is 12.9. The highest BCUT2D eigenvalue weighted by molar-refractivity contribution is 7.98. The van der Waals surface area contributed by atoms with Crippen LogP contribution in [0.15, 0.2) is 47.4 Å². The van der Waals surface area contributed by atoms with Crippen LogP contribution in [0.5, 0.6) is 5.75 Å². The Balaban J connectivity index is 1.79. The van der Waals surface area contributed by atoms with E-state index in [1.54, 1.807) is 19.2 Å². The number of nitrogens with zero attached hydrogens (tertiary/aromatic N) is 1. The van der Waals surface area contributed by atoms with Crippen molar-refractivity contribution < 1.29 is 17.9 Å². The Bertz CT molecular complexity index is 1130. The first-order valence-corrected chi connectivity index (χ1v) is 12.9. The molecule has 0 bridgehead atoms. The lowest BCUT2D eigenvalue weighted by atomic mass is 10.2. The summed E-state index contributed by atoms with van der Waals surface area (Å²) < 4.78 is 34.0. The number of sulfonamides is 1. The Hall–Kier alpha value is -1.85. The number of nitrogens with one attached hydrogen (secondary N) is 2. The number of amides is 1. The lowest BCUT2D eigenvalue weighted by molar-refractivity contribution is -0.117. The summed E-state index contributed by atoms with van der Waals surface area (Å²) in [5, 5.41) is 3.55. The molecular formula is C19H20ClN3O4S3. The maximum Gasteiger partial charge on any atom is 0.244 e. The molecule has 160 valence electrons. The normalized spacial score (nSPS) is 12.6. The molecule has 2 aromatic carbocycles. The SMILES string of the molecule is COc1ccc2nc(NC(=O)C(CCSC)NS(=O)(=O)c3ccc(Cl)cc3)sc2c1. The summed E-state index contributed by atoms with van der Waals surface area (Å²) in [6, 6.07) is 10.2. The number of hydrogen-bond donors (Lipinski definition) is 2. The topological polar surface area (TPSA) is 97.4 Å². The highest BCUT2D eigenvalue weighted by atomic mass is 35.5. The number of methoxy groups -OCH3 is 1. The van der Waals surface area contributed by atoms with E-state index in [0.717, 1.165) is 10.2 Å². The molecule has 0 saturated carbocycles. The molecule has 1 unspecified atom stereocenters. The van der Waals surface area contributed by atoms with E-state index < -0.39 is 22.0 Å². The van der Waals surface area contributed by atoms with Gasteiger partial charge in [-0.3, -0.25) is 4.79 Å². The first-order chi connectivity index (χ1) is 14.3. The Kier molecular flexibility index (Phi) is 7.59. The van der Waals surface area contributed by atoms with Crippen LogP contribution in [0.2, 0.25) is 5.02 Å². The first kappa shape index (κ1) is 22.8. The Labute approximate surface area is 188 Å². The second-order valence-electron chi connectivity index (χ2n) is 6.25. The van der Waals surface area contributed by atoms with E-state index in [0.29, 0.717) is 28.1 Å². The van der Waals surface area contributed by atoms with E-state index in [-0.39, 0.29) is 4.90 Å². The Morgan fingerprint density at radius 3 is 2.67 bits per heavy atom. The van der Waals surface area contributed by atoms with Gasteiger partial charge in [-0.2, -0.15) is 16.5 Å². The highest BCUT2D eigenvalue weighted by Gasteiger charge is 2.26. The van der Waals surface area contributed by atoms with Crippen molar-refractivity contribution in [1.82, 2.24) is 9.71 Å². The summed E-state index contributed by atoms with van der Waals surface area (Å²) in [6.07, 6.45) is 2.22. The second-order valence-corrected chi connectivity index (χ2v) is 10.4. The Morgan fingerprint density at radius 2 is 2.00 bits per heavy atom. The molecule has 0 saturated heterocycles. The zero-order valence-electron chi connectivity index (χ0n) is 16.2. The summed E-state index contributed by atoms with van der Waals surface area (Å²) in [4.78, 5) is 17.3. The van der Waals surface area contributed by atoms with E-state index in [9.17, 15) is 13.2 Å². The fourth-order valence-electron chi connectivity index (χ4n) is 2.63. The van der Waals surface area contributed by atoms with Crippen LogP contribution in [0.25, 0.3) is 10.2 Å². The fraction of sp³-hybridized carbons (Fsp3) is 0.263. The quantitative estimate of drug-likeness (QED) is 0.475. The van der Waals surface area contributed by atoms with Gasteiger partial charge in [-0.05, 0) is 60.9 Å². The third-order valence-corrected chi connectivity index (χ3v) is 7.49. The number of fused-ring (bicyclic) bond motifs is 1. The maximum absolute atomic E-state index is 12.9. The summed E-state index contributed by atoms with van der Waals surface area (Å²) >= 11 is 8.65. The number of thiazole rings is 1. The number of benzene rings is 2. The minimum absolute atomic E-state index is 0.0425. The highest BCUT2D eigenvalue weighted by Crippen LogP contribution is 2.29. The summed E-state index contributed by atoms with van der Waals surface area (Å²) in [5.74, 6) is 0.836. The lowest BCUT2D eigenvalue weighted by Gasteiger charge is -2.17. The predicted molar refractivity (Wildman–Crippen MR) is 123 cm³/mol. The van der Waals surface area contributed by atoms with Crippen LogP contribution in [-0.4, -0.2) is 44.5 Å². The predicted octanol–water partition coefficient (Wildman–Crippen LogP) is 4.00. The standard InChI is InChI=1S/C19H20ClN3O4S3/c1-27-13-5-8-15-17(11-13)29-19(21-15)22-18(24)16(9-10-28-2)23-30(25,26)14-6-3-12(20)4-7-14/h3-8,11,16,23H,9-10H2,1-2H3,(H,21,22,24).